The SMILES string of the molecule is Cc1nc2ccc(-c3ccc(N4C[C@@H]5[C@H](C4)[C@H]5C(=O)O)nn3)cn2c1Cc1ccccc1OC(F)F. The summed E-state index contributed by atoms with van der Waals surface area (Å²) in [5.74, 6) is 0.359. The molecule has 1 aliphatic heterocycles. The third-order valence-corrected chi connectivity index (χ3v) is 7.21. The third-order valence-electron chi connectivity index (χ3n) is 7.21. The van der Waals surface area contributed by atoms with E-state index in [0.29, 0.717) is 30.8 Å². The van der Waals surface area contributed by atoms with E-state index in [1.165, 1.54) is 6.07 Å². The van der Waals surface area contributed by atoms with E-state index in [1.54, 1.807) is 18.2 Å². The van der Waals surface area contributed by atoms with Crippen molar-refractivity contribution in [2.45, 2.75) is 20.0 Å². The molecule has 1 aliphatic carbocycles. The van der Waals surface area contributed by atoms with Crippen molar-refractivity contribution in [1.29, 1.82) is 0 Å². The fourth-order valence-electron chi connectivity index (χ4n) is 5.34. The number of rotatable bonds is 7. The van der Waals surface area contributed by atoms with Gasteiger partial charge in [0.2, 0.25) is 0 Å². The van der Waals surface area contributed by atoms with E-state index in [4.69, 9.17) is 4.74 Å². The highest BCUT2D eigenvalue weighted by Crippen LogP contribution is 2.52. The lowest BCUT2D eigenvalue weighted by Gasteiger charge is -2.19. The molecule has 0 spiro atoms. The van der Waals surface area contributed by atoms with Crippen LogP contribution < -0.4 is 9.64 Å². The number of fused-ring (bicyclic) bond motifs is 2. The lowest BCUT2D eigenvalue weighted by Crippen LogP contribution is -2.26. The molecule has 3 aromatic heterocycles. The Bertz CT molecular complexity index is 1440. The van der Waals surface area contributed by atoms with Crippen LogP contribution in [0.2, 0.25) is 0 Å². The quantitative estimate of drug-likeness (QED) is 0.417. The average molecular weight is 491 g/mol. The molecule has 6 rings (SSSR count). The molecule has 1 saturated carbocycles. The maximum absolute atomic E-state index is 12.9. The van der Waals surface area contributed by atoms with E-state index in [-0.39, 0.29) is 23.5 Å². The van der Waals surface area contributed by atoms with E-state index < -0.39 is 12.6 Å². The van der Waals surface area contributed by atoms with E-state index in [2.05, 4.69) is 20.1 Å². The summed E-state index contributed by atoms with van der Waals surface area (Å²) in [5.41, 5.74) is 4.58. The van der Waals surface area contributed by atoms with Gasteiger partial charge in [-0.1, -0.05) is 18.2 Å². The van der Waals surface area contributed by atoms with Crippen LogP contribution in [0.15, 0.2) is 54.7 Å². The summed E-state index contributed by atoms with van der Waals surface area (Å²) in [6.07, 6.45) is 2.30. The summed E-state index contributed by atoms with van der Waals surface area (Å²) in [5, 5.41) is 18.0. The number of aliphatic carboxylic acids is 1. The van der Waals surface area contributed by atoms with Gasteiger partial charge in [-0.25, -0.2) is 4.98 Å². The zero-order valence-electron chi connectivity index (χ0n) is 19.4. The fraction of sp³-hybridized carbons (Fsp3) is 0.308. The highest BCUT2D eigenvalue weighted by atomic mass is 19.3. The first-order valence-corrected chi connectivity index (χ1v) is 11.7. The Labute approximate surface area is 205 Å². The predicted molar refractivity (Wildman–Crippen MR) is 127 cm³/mol. The standard InChI is InChI=1S/C26H23F2N5O3/c1-14-20(10-15-4-2-3-5-21(15)36-26(27)28)33-11-16(6-8-22(33)29-14)19-7-9-23(31-30-19)32-12-17-18(13-32)24(17)25(34)35/h2-9,11,17-18,24,26H,10,12-13H2,1H3,(H,34,35)/t17-,18+,24+. The number of halogens is 2. The number of hydrogen-bond donors (Lipinski definition) is 1. The Morgan fingerprint density at radius 3 is 2.58 bits per heavy atom. The molecule has 2 fully saturated rings. The monoisotopic (exact) mass is 491 g/mol. The van der Waals surface area contributed by atoms with E-state index in [0.717, 1.165) is 28.4 Å². The first kappa shape index (κ1) is 22.4. The predicted octanol–water partition coefficient (Wildman–Crippen LogP) is 4.06. The minimum Gasteiger partial charge on any atom is -0.481 e. The van der Waals surface area contributed by atoms with Gasteiger partial charge in [-0.05, 0) is 49.1 Å². The Morgan fingerprint density at radius 1 is 1.11 bits per heavy atom. The van der Waals surface area contributed by atoms with E-state index in [1.807, 2.05) is 41.8 Å². The number of anilines is 1. The minimum absolute atomic E-state index is 0.147. The largest absolute Gasteiger partial charge is 0.481 e. The molecule has 0 unspecified atom stereocenters. The van der Waals surface area contributed by atoms with E-state index in [9.17, 15) is 18.7 Å². The number of alkyl halides is 2. The van der Waals surface area contributed by atoms with Crippen molar-refractivity contribution in [2.24, 2.45) is 17.8 Å². The molecule has 1 N–H and O–H groups in total. The van der Waals surface area contributed by atoms with Gasteiger partial charge in [-0.15, -0.1) is 10.2 Å². The molecule has 2 aliphatic rings. The first-order chi connectivity index (χ1) is 17.4. The Morgan fingerprint density at radius 2 is 1.89 bits per heavy atom. The molecule has 0 bridgehead atoms. The lowest BCUT2D eigenvalue weighted by atomic mass is 10.1. The molecule has 10 heteroatoms. The maximum atomic E-state index is 12.9. The highest BCUT2D eigenvalue weighted by Gasteiger charge is 2.60. The van der Waals surface area contributed by atoms with Crippen LogP contribution in [-0.4, -0.2) is 50.4 Å². The third kappa shape index (κ3) is 3.92. The van der Waals surface area contributed by atoms with Crippen molar-refractivity contribution in [2.75, 3.05) is 18.0 Å². The maximum Gasteiger partial charge on any atom is 0.387 e. The van der Waals surface area contributed by atoms with Crippen LogP contribution in [0.5, 0.6) is 5.75 Å². The number of benzene rings is 1. The van der Waals surface area contributed by atoms with Gasteiger partial charge in [0.1, 0.15) is 11.4 Å². The molecule has 0 amide bonds. The van der Waals surface area contributed by atoms with Crippen LogP contribution in [0.1, 0.15) is 17.0 Å². The number of carboxylic acid groups (broad SMARTS) is 1. The second kappa shape index (κ2) is 8.54. The number of imidazole rings is 1. The van der Waals surface area contributed by atoms with E-state index >= 15 is 0 Å². The number of aromatic nitrogens is 4. The second-order valence-electron chi connectivity index (χ2n) is 9.33. The second-order valence-corrected chi connectivity index (χ2v) is 9.33. The smallest absolute Gasteiger partial charge is 0.387 e. The molecule has 184 valence electrons. The van der Waals surface area contributed by atoms with Crippen LogP contribution in [-0.2, 0) is 11.2 Å². The van der Waals surface area contributed by atoms with Crippen LogP contribution in [0, 0.1) is 24.7 Å². The molecule has 3 atom stereocenters. The number of aryl methyl sites for hydroxylation is 1. The Kier molecular flexibility index (Phi) is 5.31. The molecular weight excluding hydrogens is 468 g/mol. The van der Waals surface area contributed by atoms with Crippen molar-refractivity contribution in [1.82, 2.24) is 19.6 Å². The van der Waals surface area contributed by atoms with Gasteiger partial charge < -0.3 is 19.1 Å². The Hall–Kier alpha value is -4.08. The molecule has 4 heterocycles. The van der Waals surface area contributed by atoms with Crippen LogP contribution in [0.3, 0.4) is 0 Å². The zero-order valence-corrected chi connectivity index (χ0v) is 19.4. The van der Waals surface area contributed by atoms with Gasteiger partial charge in [0, 0.05) is 42.5 Å². The number of carboxylic acids is 1. The topological polar surface area (TPSA) is 92.9 Å². The van der Waals surface area contributed by atoms with Crippen LogP contribution in [0.4, 0.5) is 14.6 Å². The molecule has 0 radical (unpaired) electrons. The van der Waals surface area contributed by atoms with Gasteiger partial charge in [0.05, 0.1) is 17.3 Å². The van der Waals surface area contributed by atoms with Crippen molar-refractivity contribution in [3.8, 4) is 17.0 Å². The van der Waals surface area contributed by atoms with Gasteiger partial charge >= 0.3 is 12.6 Å². The van der Waals surface area contributed by atoms with Gasteiger partial charge in [0.15, 0.2) is 5.82 Å². The van der Waals surface area contributed by atoms with Crippen LogP contribution in [0.25, 0.3) is 16.9 Å². The fourth-order valence-corrected chi connectivity index (χ4v) is 5.34. The van der Waals surface area contributed by atoms with Gasteiger partial charge in [0.25, 0.3) is 0 Å². The number of ether oxygens (including phenoxy) is 1. The number of hydrogen-bond acceptors (Lipinski definition) is 6. The first-order valence-electron chi connectivity index (χ1n) is 11.7. The van der Waals surface area contributed by atoms with Crippen molar-refractivity contribution >= 4 is 17.4 Å². The molecule has 1 saturated heterocycles. The summed E-state index contributed by atoms with van der Waals surface area (Å²) in [6, 6.07) is 14.4. The summed E-state index contributed by atoms with van der Waals surface area (Å²) in [7, 11) is 0. The van der Waals surface area contributed by atoms with Gasteiger partial charge in [-0.3, -0.25) is 4.79 Å². The minimum atomic E-state index is -2.90. The summed E-state index contributed by atoms with van der Waals surface area (Å²) in [6.45, 7) is 0.377. The summed E-state index contributed by atoms with van der Waals surface area (Å²) >= 11 is 0. The van der Waals surface area contributed by atoms with Crippen molar-refractivity contribution in [3.63, 3.8) is 0 Å². The summed E-state index contributed by atoms with van der Waals surface area (Å²) < 4.78 is 32.4. The number of carbonyl (C=O) groups is 1. The number of piperidine rings is 1. The summed E-state index contributed by atoms with van der Waals surface area (Å²) in [4.78, 5) is 17.9. The highest BCUT2D eigenvalue weighted by molar-refractivity contribution is 5.75. The number of para-hydroxylation sites is 1. The molecular formula is C26H23F2N5O3. The molecule has 4 aromatic rings. The zero-order chi connectivity index (χ0) is 25.0. The van der Waals surface area contributed by atoms with Crippen LogP contribution >= 0.6 is 0 Å². The van der Waals surface area contributed by atoms with Gasteiger partial charge in [-0.2, -0.15) is 8.78 Å². The molecule has 36 heavy (non-hydrogen) atoms. The normalized spacial score (nSPS) is 20.7. The number of nitrogens with zero attached hydrogens (tertiary/aromatic N) is 5. The van der Waals surface area contributed by atoms with Crippen molar-refractivity contribution in [3.05, 3.63) is 71.7 Å². The lowest BCUT2D eigenvalue weighted by molar-refractivity contribution is -0.139. The Balaban J connectivity index is 1.25. The average Bonchev–Trinajstić information content (AvgIpc) is 3.21. The van der Waals surface area contributed by atoms with Crippen molar-refractivity contribution < 1.29 is 23.4 Å². The molecule has 1 aromatic carbocycles. The number of pyridine rings is 1. The molecule has 8 nitrogen and oxygen atoms in total.